The maximum Gasteiger partial charge on any atom is 0.0714 e. The van der Waals surface area contributed by atoms with E-state index in [1.807, 2.05) is 0 Å². The van der Waals surface area contributed by atoms with Gasteiger partial charge in [0.05, 0.1) is 5.41 Å². The number of rotatable bonds is 6. The lowest BCUT2D eigenvalue weighted by atomic mass is 9.67. The SMILES string of the molecule is CC1(C)c2ccccc2-c2cc3c(cc21)-c1cccc(-c2ccc(N(c4ccccc4)c4ccc5c(c4)C(c4ccccc4)(c4ccccc4)c4ccccc4-5)cc2)c1C3(C)C. The van der Waals surface area contributed by atoms with Gasteiger partial charge in [-0.05, 0) is 138 Å². The largest absolute Gasteiger partial charge is 0.310 e. The van der Waals surface area contributed by atoms with Gasteiger partial charge in [0.25, 0.3) is 0 Å². The highest BCUT2D eigenvalue weighted by atomic mass is 15.1. The van der Waals surface area contributed by atoms with E-state index in [2.05, 4.69) is 245 Å². The minimum atomic E-state index is -0.478. The molecule has 0 radical (unpaired) electrons. The molecule has 0 saturated heterocycles. The summed E-state index contributed by atoms with van der Waals surface area (Å²) in [5, 5.41) is 0. The fourth-order valence-corrected chi connectivity index (χ4v) is 11.7. The van der Waals surface area contributed by atoms with Crippen molar-refractivity contribution in [1.82, 2.24) is 0 Å². The van der Waals surface area contributed by atoms with Crippen LogP contribution in [0, 0.1) is 0 Å². The van der Waals surface area contributed by atoms with Crippen molar-refractivity contribution < 1.29 is 0 Å². The Morgan fingerprint density at radius 1 is 0.290 bits per heavy atom. The third-order valence-corrected chi connectivity index (χ3v) is 14.5. The molecule has 3 aliphatic carbocycles. The predicted molar refractivity (Wildman–Crippen MR) is 259 cm³/mol. The number of fused-ring (bicyclic) bond motifs is 9. The molecule has 0 atom stereocenters. The maximum atomic E-state index is 2.52. The van der Waals surface area contributed by atoms with E-state index in [0.29, 0.717) is 0 Å². The molecule has 1 heteroatoms. The van der Waals surface area contributed by atoms with E-state index in [9.17, 15) is 0 Å². The van der Waals surface area contributed by atoms with E-state index in [-0.39, 0.29) is 10.8 Å². The van der Waals surface area contributed by atoms with Crippen LogP contribution in [0.4, 0.5) is 17.1 Å². The van der Waals surface area contributed by atoms with Crippen LogP contribution >= 0.6 is 0 Å². The zero-order valence-electron chi connectivity index (χ0n) is 35.7. The second kappa shape index (κ2) is 13.4. The van der Waals surface area contributed by atoms with Crippen molar-refractivity contribution in [2.45, 2.75) is 43.9 Å². The molecule has 0 heterocycles. The molecule has 1 nitrogen and oxygen atoms in total. The van der Waals surface area contributed by atoms with Gasteiger partial charge < -0.3 is 4.90 Å². The van der Waals surface area contributed by atoms with Gasteiger partial charge in [0.1, 0.15) is 0 Å². The summed E-state index contributed by atoms with van der Waals surface area (Å²) in [7, 11) is 0. The molecule has 0 unspecified atom stereocenters. The zero-order valence-corrected chi connectivity index (χ0v) is 35.7. The van der Waals surface area contributed by atoms with Crippen molar-refractivity contribution in [2.75, 3.05) is 4.90 Å². The van der Waals surface area contributed by atoms with Crippen molar-refractivity contribution >= 4 is 17.1 Å². The van der Waals surface area contributed by atoms with Gasteiger partial charge in [0.2, 0.25) is 0 Å². The Bertz CT molecular complexity index is 3170. The Morgan fingerprint density at radius 3 is 1.42 bits per heavy atom. The van der Waals surface area contributed by atoms with Crippen LogP contribution in [0.25, 0.3) is 44.5 Å². The van der Waals surface area contributed by atoms with Crippen molar-refractivity contribution in [3.63, 3.8) is 0 Å². The normalized spacial score (nSPS) is 15.2. The van der Waals surface area contributed by atoms with Crippen molar-refractivity contribution in [3.8, 4) is 44.5 Å². The standard InChI is InChI=1S/C61H47N/c1-59(2)53-29-16-14-26-48(53)51-38-56-52(39-55(51)59)50-28-18-27-46(58(50)60(56,3)4)40-31-33-44(34-32-40)62(43-23-12-7-13-24-43)45-35-36-49-47-25-15-17-30-54(47)61(57(49)37-45,41-19-8-5-9-20-41)42-21-10-6-11-22-42/h5-39H,1-4H3. The summed E-state index contributed by atoms with van der Waals surface area (Å²) in [6.07, 6.45) is 0. The molecule has 0 aliphatic heterocycles. The predicted octanol–water partition coefficient (Wildman–Crippen LogP) is 15.8. The first-order valence-corrected chi connectivity index (χ1v) is 22.0. The van der Waals surface area contributed by atoms with Crippen LogP contribution in [0.2, 0.25) is 0 Å². The number of anilines is 3. The molecule has 9 aromatic rings. The lowest BCUT2D eigenvalue weighted by molar-refractivity contribution is 0.653. The molecule has 0 N–H and O–H groups in total. The molecule has 296 valence electrons. The van der Waals surface area contributed by atoms with Crippen LogP contribution in [0.5, 0.6) is 0 Å². The molecule has 3 aliphatic rings. The smallest absolute Gasteiger partial charge is 0.0714 e. The molecular weight excluding hydrogens is 747 g/mol. The number of para-hydroxylation sites is 1. The first-order valence-electron chi connectivity index (χ1n) is 22.0. The van der Waals surface area contributed by atoms with Gasteiger partial charge in [-0.1, -0.05) is 191 Å². The van der Waals surface area contributed by atoms with E-state index >= 15 is 0 Å². The molecule has 62 heavy (non-hydrogen) atoms. The summed E-state index contributed by atoms with van der Waals surface area (Å²) in [6, 6.07) is 79.3. The van der Waals surface area contributed by atoms with Gasteiger partial charge in [0, 0.05) is 27.9 Å². The van der Waals surface area contributed by atoms with Gasteiger partial charge in [-0.2, -0.15) is 0 Å². The molecule has 0 fully saturated rings. The van der Waals surface area contributed by atoms with E-state index < -0.39 is 5.41 Å². The minimum Gasteiger partial charge on any atom is -0.310 e. The molecular formula is C61H47N. The lowest BCUT2D eigenvalue weighted by Gasteiger charge is -2.35. The highest BCUT2D eigenvalue weighted by molar-refractivity contribution is 5.94. The Kier molecular flexibility index (Phi) is 7.91. The maximum absolute atomic E-state index is 2.52. The molecule has 0 saturated carbocycles. The summed E-state index contributed by atoms with van der Waals surface area (Å²) in [5.74, 6) is 0. The Labute approximate surface area is 365 Å². The van der Waals surface area contributed by atoms with Crippen LogP contribution in [0.1, 0.15) is 72.2 Å². The second-order valence-corrected chi connectivity index (χ2v) is 18.4. The number of hydrogen-bond acceptors (Lipinski definition) is 1. The average molecular weight is 794 g/mol. The third kappa shape index (κ3) is 5.03. The lowest BCUT2D eigenvalue weighted by Crippen LogP contribution is -2.28. The fourth-order valence-electron chi connectivity index (χ4n) is 11.7. The molecule has 0 spiro atoms. The first kappa shape index (κ1) is 36.6. The Morgan fingerprint density at radius 2 is 0.758 bits per heavy atom. The van der Waals surface area contributed by atoms with Gasteiger partial charge in [-0.25, -0.2) is 0 Å². The van der Waals surface area contributed by atoms with E-state index in [0.717, 1.165) is 17.1 Å². The number of nitrogens with zero attached hydrogens (tertiary/aromatic N) is 1. The van der Waals surface area contributed by atoms with Crippen molar-refractivity contribution in [3.05, 3.63) is 257 Å². The van der Waals surface area contributed by atoms with Crippen LogP contribution in [-0.2, 0) is 16.2 Å². The highest BCUT2D eigenvalue weighted by Crippen LogP contribution is 2.59. The van der Waals surface area contributed by atoms with Gasteiger partial charge >= 0.3 is 0 Å². The average Bonchev–Trinajstić information content (AvgIpc) is 3.84. The summed E-state index contributed by atoms with van der Waals surface area (Å²) in [6.45, 7) is 9.60. The van der Waals surface area contributed by atoms with Gasteiger partial charge in [0.15, 0.2) is 0 Å². The summed E-state index contributed by atoms with van der Waals surface area (Å²) < 4.78 is 0. The summed E-state index contributed by atoms with van der Waals surface area (Å²) >= 11 is 0. The van der Waals surface area contributed by atoms with Crippen LogP contribution in [-0.4, -0.2) is 0 Å². The topological polar surface area (TPSA) is 3.24 Å². The molecule has 0 aromatic heterocycles. The van der Waals surface area contributed by atoms with Crippen LogP contribution in [0.3, 0.4) is 0 Å². The van der Waals surface area contributed by atoms with Crippen molar-refractivity contribution in [2.24, 2.45) is 0 Å². The third-order valence-electron chi connectivity index (χ3n) is 14.5. The fraction of sp³-hybridized carbons (Fsp3) is 0.115. The minimum absolute atomic E-state index is 0.0423. The van der Waals surface area contributed by atoms with Gasteiger partial charge in [-0.3, -0.25) is 0 Å². The van der Waals surface area contributed by atoms with E-state index in [1.165, 1.54) is 89.0 Å². The van der Waals surface area contributed by atoms with Gasteiger partial charge in [-0.15, -0.1) is 0 Å². The highest BCUT2D eigenvalue weighted by Gasteiger charge is 2.47. The molecule has 12 rings (SSSR count). The van der Waals surface area contributed by atoms with E-state index in [1.54, 1.807) is 0 Å². The number of hydrogen-bond donors (Lipinski definition) is 0. The number of benzene rings is 9. The zero-order chi connectivity index (χ0) is 41.8. The quantitative estimate of drug-likeness (QED) is 0.162. The van der Waals surface area contributed by atoms with Crippen LogP contribution in [0.15, 0.2) is 212 Å². The second-order valence-electron chi connectivity index (χ2n) is 18.4. The van der Waals surface area contributed by atoms with E-state index in [4.69, 9.17) is 0 Å². The van der Waals surface area contributed by atoms with Crippen molar-refractivity contribution in [1.29, 1.82) is 0 Å². The summed E-state index contributed by atoms with van der Waals surface area (Å²) in [5.41, 5.74) is 24.1. The first-order chi connectivity index (χ1) is 30.3. The Balaban J connectivity index is 0.988. The summed E-state index contributed by atoms with van der Waals surface area (Å²) in [4.78, 5) is 2.42. The Hall–Kier alpha value is -7.22. The van der Waals surface area contributed by atoms with Crippen LogP contribution < -0.4 is 4.90 Å². The monoisotopic (exact) mass is 793 g/mol. The molecule has 0 amide bonds. The molecule has 0 bridgehead atoms. The molecule has 9 aromatic carbocycles.